The Hall–Kier alpha value is -3.35. The standard InChI is InChI=1S/C22H27N3O4/c1-5-25(14-20(26)24-18-10-7-11-19(13-18)29-4)22(28)16(3)23-21(27)17-9-6-8-15(2)12-17/h6-13,16H,5,14H2,1-4H3,(H,23,27)(H,24,26). The number of aryl methyl sites for hydroxylation is 1. The monoisotopic (exact) mass is 397 g/mol. The summed E-state index contributed by atoms with van der Waals surface area (Å²) in [5.41, 5.74) is 2.03. The summed E-state index contributed by atoms with van der Waals surface area (Å²) in [6, 6.07) is 13.3. The molecule has 3 amide bonds. The summed E-state index contributed by atoms with van der Waals surface area (Å²) in [6.45, 7) is 5.52. The molecule has 2 rings (SSSR count). The molecule has 0 saturated heterocycles. The van der Waals surface area contributed by atoms with E-state index in [2.05, 4.69) is 10.6 Å². The number of nitrogens with zero attached hydrogens (tertiary/aromatic N) is 1. The van der Waals surface area contributed by atoms with Crippen molar-refractivity contribution < 1.29 is 19.1 Å². The van der Waals surface area contributed by atoms with Crippen LogP contribution in [0, 0.1) is 6.92 Å². The number of hydrogen-bond donors (Lipinski definition) is 2. The highest BCUT2D eigenvalue weighted by Crippen LogP contribution is 2.16. The van der Waals surface area contributed by atoms with Gasteiger partial charge in [-0.15, -0.1) is 0 Å². The van der Waals surface area contributed by atoms with Crippen molar-refractivity contribution in [2.45, 2.75) is 26.8 Å². The molecule has 0 aliphatic heterocycles. The first-order chi connectivity index (χ1) is 13.8. The fourth-order valence-electron chi connectivity index (χ4n) is 2.82. The van der Waals surface area contributed by atoms with E-state index in [9.17, 15) is 14.4 Å². The van der Waals surface area contributed by atoms with Gasteiger partial charge in [0.1, 0.15) is 11.8 Å². The van der Waals surface area contributed by atoms with Crippen molar-refractivity contribution in [3.63, 3.8) is 0 Å². The fraction of sp³-hybridized carbons (Fsp3) is 0.318. The Morgan fingerprint density at radius 2 is 1.83 bits per heavy atom. The second-order valence-electron chi connectivity index (χ2n) is 6.70. The van der Waals surface area contributed by atoms with Crippen molar-refractivity contribution >= 4 is 23.4 Å². The summed E-state index contributed by atoms with van der Waals surface area (Å²) < 4.78 is 5.13. The van der Waals surface area contributed by atoms with Crippen molar-refractivity contribution in [1.82, 2.24) is 10.2 Å². The van der Waals surface area contributed by atoms with Crippen molar-refractivity contribution in [3.8, 4) is 5.75 Å². The highest BCUT2D eigenvalue weighted by molar-refractivity contribution is 5.99. The van der Waals surface area contributed by atoms with Crippen molar-refractivity contribution in [3.05, 3.63) is 59.7 Å². The van der Waals surface area contributed by atoms with Crippen LogP contribution in [0.25, 0.3) is 0 Å². The number of nitrogens with one attached hydrogen (secondary N) is 2. The zero-order valence-corrected chi connectivity index (χ0v) is 17.2. The molecule has 0 fully saturated rings. The fourth-order valence-corrected chi connectivity index (χ4v) is 2.82. The quantitative estimate of drug-likeness (QED) is 0.717. The van der Waals surface area contributed by atoms with E-state index in [4.69, 9.17) is 4.74 Å². The van der Waals surface area contributed by atoms with E-state index in [0.29, 0.717) is 23.5 Å². The Morgan fingerprint density at radius 1 is 1.10 bits per heavy atom. The molecule has 0 heterocycles. The molecule has 154 valence electrons. The van der Waals surface area contributed by atoms with Gasteiger partial charge in [-0.2, -0.15) is 0 Å². The highest BCUT2D eigenvalue weighted by atomic mass is 16.5. The molecule has 2 aromatic rings. The van der Waals surface area contributed by atoms with E-state index in [1.165, 1.54) is 4.90 Å². The lowest BCUT2D eigenvalue weighted by Gasteiger charge is -2.24. The van der Waals surface area contributed by atoms with E-state index in [1.54, 1.807) is 63.4 Å². The minimum atomic E-state index is -0.757. The highest BCUT2D eigenvalue weighted by Gasteiger charge is 2.23. The zero-order chi connectivity index (χ0) is 21.4. The number of carbonyl (C=O) groups is 3. The van der Waals surface area contributed by atoms with Crippen LogP contribution in [0.1, 0.15) is 29.8 Å². The van der Waals surface area contributed by atoms with Crippen LogP contribution in [0.2, 0.25) is 0 Å². The second-order valence-corrected chi connectivity index (χ2v) is 6.70. The summed E-state index contributed by atoms with van der Waals surface area (Å²) in [7, 11) is 1.55. The summed E-state index contributed by atoms with van der Waals surface area (Å²) in [5, 5.41) is 5.45. The van der Waals surface area contributed by atoms with Gasteiger partial charge < -0.3 is 20.3 Å². The van der Waals surface area contributed by atoms with Gasteiger partial charge in [-0.05, 0) is 45.0 Å². The van der Waals surface area contributed by atoms with Crippen LogP contribution < -0.4 is 15.4 Å². The van der Waals surface area contributed by atoms with Crippen LogP contribution >= 0.6 is 0 Å². The number of likely N-dealkylation sites (N-methyl/N-ethyl adjacent to an activating group) is 1. The third-order valence-electron chi connectivity index (χ3n) is 4.38. The summed E-state index contributed by atoms with van der Waals surface area (Å²) in [4.78, 5) is 38.8. The SMILES string of the molecule is CCN(CC(=O)Nc1cccc(OC)c1)C(=O)C(C)NC(=O)c1cccc(C)c1. The molecule has 7 heteroatoms. The second kappa shape index (κ2) is 10.3. The number of rotatable bonds is 8. The van der Waals surface area contributed by atoms with E-state index in [0.717, 1.165) is 5.56 Å². The number of amides is 3. The maximum atomic E-state index is 12.7. The van der Waals surface area contributed by atoms with Gasteiger partial charge in [0, 0.05) is 23.9 Å². The number of hydrogen-bond acceptors (Lipinski definition) is 4. The Bertz CT molecular complexity index is 882. The molecule has 0 radical (unpaired) electrons. The van der Waals surface area contributed by atoms with Crippen LogP contribution in [0.5, 0.6) is 5.75 Å². The Morgan fingerprint density at radius 3 is 2.48 bits per heavy atom. The Labute approximate surface area is 171 Å². The maximum absolute atomic E-state index is 12.7. The van der Waals surface area contributed by atoms with Crippen LogP contribution in [-0.4, -0.2) is 48.9 Å². The van der Waals surface area contributed by atoms with Gasteiger partial charge in [0.25, 0.3) is 5.91 Å². The predicted octanol–water partition coefficient (Wildman–Crippen LogP) is 2.61. The molecular formula is C22H27N3O4. The first kappa shape index (κ1) is 21.9. The Balaban J connectivity index is 1.95. The van der Waals surface area contributed by atoms with Gasteiger partial charge in [0.2, 0.25) is 11.8 Å². The summed E-state index contributed by atoms with van der Waals surface area (Å²) in [5.74, 6) is -0.356. The average molecular weight is 397 g/mol. The molecule has 1 unspecified atom stereocenters. The molecule has 0 aliphatic carbocycles. The third-order valence-corrected chi connectivity index (χ3v) is 4.38. The molecule has 7 nitrogen and oxygen atoms in total. The van der Waals surface area contributed by atoms with E-state index in [-0.39, 0.29) is 24.3 Å². The van der Waals surface area contributed by atoms with Crippen LogP contribution in [0.4, 0.5) is 5.69 Å². The molecule has 29 heavy (non-hydrogen) atoms. The van der Waals surface area contributed by atoms with Crippen molar-refractivity contribution in [2.75, 3.05) is 25.5 Å². The minimum absolute atomic E-state index is 0.114. The van der Waals surface area contributed by atoms with Gasteiger partial charge in [-0.1, -0.05) is 23.8 Å². The lowest BCUT2D eigenvalue weighted by molar-refractivity contribution is -0.135. The molecule has 1 atom stereocenters. The third kappa shape index (κ3) is 6.34. The van der Waals surface area contributed by atoms with Gasteiger partial charge in [-0.3, -0.25) is 14.4 Å². The summed E-state index contributed by atoms with van der Waals surface area (Å²) >= 11 is 0. The smallest absolute Gasteiger partial charge is 0.251 e. The minimum Gasteiger partial charge on any atom is -0.497 e. The number of ether oxygens (including phenoxy) is 1. The number of methoxy groups -OCH3 is 1. The molecule has 0 aliphatic rings. The molecule has 0 bridgehead atoms. The summed E-state index contributed by atoms with van der Waals surface area (Å²) in [6.07, 6.45) is 0. The van der Waals surface area contributed by atoms with Crippen molar-refractivity contribution in [2.24, 2.45) is 0 Å². The normalized spacial score (nSPS) is 11.3. The lowest BCUT2D eigenvalue weighted by atomic mass is 10.1. The molecule has 2 N–H and O–H groups in total. The average Bonchev–Trinajstić information content (AvgIpc) is 2.71. The van der Waals surface area contributed by atoms with E-state index in [1.807, 2.05) is 13.0 Å². The largest absolute Gasteiger partial charge is 0.497 e. The van der Waals surface area contributed by atoms with Crippen LogP contribution in [0.3, 0.4) is 0 Å². The molecule has 0 aromatic heterocycles. The van der Waals surface area contributed by atoms with Crippen LogP contribution in [-0.2, 0) is 9.59 Å². The van der Waals surface area contributed by atoms with E-state index >= 15 is 0 Å². The van der Waals surface area contributed by atoms with Crippen LogP contribution in [0.15, 0.2) is 48.5 Å². The lowest BCUT2D eigenvalue weighted by Crippen LogP contribution is -2.49. The van der Waals surface area contributed by atoms with Gasteiger partial charge in [-0.25, -0.2) is 0 Å². The number of anilines is 1. The predicted molar refractivity (Wildman–Crippen MR) is 112 cm³/mol. The van der Waals surface area contributed by atoms with E-state index < -0.39 is 6.04 Å². The maximum Gasteiger partial charge on any atom is 0.251 e. The topological polar surface area (TPSA) is 87.7 Å². The molecule has 0 saturated carbocycles. The number of benzene rings is 2. The first-order valence-electron chi connectivity index (χ1n) is 9.44. The molecular weight excluding hydrogens is 370 g/mol. The van der Waals surface area contributed by atoms with Gasteiger partial charge >= 0.3 is 0 Å². The first-order valence-corrected chi connectivity index (χ1v) is 9.44. The van der Waals surface area contributed by atoms with Gasteiger partial charge in [0.05, 0.1) is 13.7 Å². The molecule has 2 aromatic carbocycles. The Kier molecular flexibility index (Phi) is 7.77. The van der Waals surface area contributed by atoms with Gasteiger partial charge in [0.15, 0.2) is 0 Å². The molecule has 0 spiro atoms. The van der Waals surface area contributed by atoms with Crippen molar-refractivity contribution in [1.29, 1.82) is 0 Å². The number of carbonyl (C=O) groups excluding carboxylic acids is 3. The zero-order valence-electron chi connectivity index (χ0n) is 17.2.